The van der Waals surface area contributed by atoms with Crippen LogP contribution in [0.2, 0.25) is 0 Å². The summed E-state index contributed by atoms with van der Waals surface area (Å²) >= 11 is 2.25. The number of hydrogen-bond acceptors (Lipinski definition) is 8. The SMILES string of the molecule is O=C(NCCNc1ccc([N+](=O)[O-])cn1)C1=C[C@H](c2ccc(I)cc2)C[C@H](OCCCCO)O1. The smallest absolute Gasteiger partial charge is 0.287 e. The van der Waals surface area contributed by atoms with E-state index in [0.29, 0.717) is 44.8 Å². The Morgan fingerprint density at radius 1 is 1.24 bits per heavy atom. The van der Waals surface area contributed by atoms with Gasteiger partial charge in [0.1, 0.15) is 12.0 Å². The summed E-state index contributed by atoms with van der Waals surface area (Å²) in [5, 5.41) is 25.5. The van der Waals surface area contributed by atoms with E-state index in [-0.39, 0.29) is 29.9 Å². The first-order valence-electron chi connectivity index (χ1n) is 10.9. The highest BCUT2D eigenvalue weighted by Gasteiger charge is 2.28. The number of carbonyl (C=O) groups excluding carboxylic acids is 1. The molecule has 1 aromatic carbocycles. The number of anilines is 1. The van der Waals surface area contributed by atoms with Gasteiger partial charge in [-0.25, -0.2) is 4.98 Å². The van der Waals surface area contributed by atoms with E-state index in [4.69, 9.17) is 14.6 Å². The molecule has 0 saturated heterocycles. The van der Waals surface area contributed by atoms with Crippen LogP contribution in [-0.4, -0.2) is 53.5 Å². The lowest BCUT2D eigenvalue weighted by Gasteiger charge is -2.29. The zero-order chi connectivity index (χ0) is 24.3. The highest BCUT2D eigenvalue weighted by Crippen LogP contribution is 2.32. The molecule has 0 aliphatic carbocycles. The molecule has 182 valence electrons. The summed E-state index contributed by atoms with van der Waals surface area (Å²) in [7, 11) is 0. The van der Waals surface area contributed by atoms with Crippen LogP contribution < -0.4 is 10.6 Å². The molecule has 2 heterocycles. The summed E-state index contributed by atoms with van der Waals surface area (Å²) in [6.45, 7) is 1.22. The Hall–Kier alpha value is -2.77. The molecule has 1 amide bonds. The van der Waals surface area contributed by atoms with Crippen molar-refractivity contribution in [3.05, 3.63) is 73.7 Å². The zero-order valence-corrected chi connectivity index (χ0v) is 20.6. The Morgan fingerprint density at radius 2 is 2.03 bits per heavy atom. The number of nitrogens with one attached hydrogen (secondary N) is 2. The largest absolute Gasteiger partial charge is 0.459 e. The standard InChI is InChI=1S/C23H27IN4O6/c24-18-5-3-16(4-6-18)17-13-20(34-22(14-17)33-12-2-1-11-29)23(30)26-10-9-25-21-8-7-19(15-27-21)28(31)32/h3-8,13,15,17,22,29H,1-2,9-12,14H2,(H,25,27)(H,26,30)/t17-,22+/m0/s1. The normalized spacial score (nSPS) is 17.4. The monoisotopic (exact) mass is 582 g/mol. The minimum atomic E-state index is -0.559. The third-order valence-electron chi connectivity index (χ3n) is 5.11. The van der Waals surface area contributed by atoms with Crippen LogP contribution in [0.1, 0.15) is 30.7 Å². The van der Waals surface area contributed by atoms with Gasteiger partial charge in [-0.3, -0.25) is 14.9 Å². The Bertz CT molecular complexity index is 984. The first-order chi connectivity index (χ1) is 16.5. The van der Waals surface area contributed by atoms with Crippen molar-refractivity contribution >= 4 is 40.0 Å². The third kappa shape index (κ3) is 7.92. The second-order valence-corrected chi connectivity index (χ2v) is 8.86. The van der Waals surface area contributed by atoms with Crippen LogP contribution >= 0.6 is 22.6 Å². The zero-order valence-electron chi connectivity index (χ0n) is 18.5. The van der Waals surface area contributed by atoms with E-state index in [1.165, 1.54) is 18.3 Å². The molecule has 3 rings (SSSR count). The van der Waals surface area contributed by atoms with Gasteiger partial charge >= 0.3 is 0 Å². The van der Waals surface area contributed by atoms with Crippen molar-refractivity contribution in [2.75, 3.05) is 31.6 Å². The molecule has 2 aromatic rings. The average Bonchev–Trinajstić information content (AvgIpc) is 2.85. The predicted octanol–water partition coefficient (Wildman–Crippen LogP) is 3.33. The Morgan fingerprint density at radius 3 is 2.71 bits per heavy atom. The van der Waals surface area contributed by atoms with E-state index in [0.717, 1.165) is 9.13 Å². The lowest BCUT2D eigenvalue weighted by molar-refractivity contribution is -0.385. The number of rotatable bonds is 12. The van der Waals surface area contributed by atoms with Gasteiger partial charge in [-0.1, -0.05) is 12.1 Å². The first kappa shape index (κ1) is 25.8. The van der Waals surface area contributed by atoms with Gasteiger partial charge in [0, 0.05) is 41.7 Å². The van der Waals surface area contributed by atoms with Crippen LogP contribution in [0, 0.1) is 13.7 Å². The Labute approximate surface area is 211 Å². The minimum Gasteiger partial charge on any atom is -0.459 e. The average molecular weight is 582 g/mol. The molecule has 10 nitrogen and oxygen atoms in total. The maximum Gasteiger partial charge on any atom is 0.287 e. The summed E-state index contributed by atoms with van der Waals surface area (Å²) in [5.41, 5.74) is 0.986. The summed E-state index contributed by atoms with van der Waals surface area (Å²) < 4.78 is 12.8. The number of nitrogens with zero attached hydrogens (tertiary/aromatic N) is 2. The summed E-state index contributed by atoms with van der Waals surface area (Å²) in [6, 6.07) is 11.0. The summed E-state index contributed by atoms with van der Waals surface area (Å²) in [4.78, 5) is 26.9. The number of allylic oxidation sites excluding steroid dienone is 1. The van der Waals surface area contributed by atoms with Crippen LogP contribution in [0.15, 0.2) is 54.4 Å². The van der Waals surface area contributed by atoms with Crippen LogP contribution in [0.25, 0.3) is 0 Å². The van der Waals surface area contributed by atoms with Crippen LogP contribution in [0.3, 0.4) is 0 Å². The molecule has 0 fully saturated rings. The maximum absolute atomic E-state index is 12.8. The molecule has 0 saturated carbocycles. The molecule has 11 heteroatoms. The fourth-order valence-electron chi connectivity index (χ4n) is 3.34. The number of nitro groups is 1. The molecule has 2 atom stereocenters. The number of benzene rings is 1. The molecule has 0 spiro atoms. The van der Waals surface area contributed by atoms with E-state index < -0.39 is 11.2 Å². The van der Waals surface area contributed by atoms with E-state index in [9.17, 15) is 14.9 Å². The van der Waals surface area contributed by atoms with Gasteiger partial charge in [0.05, 0.1) is 11.5 Å². The predicted molar refractivity (Wildman–Crippen MR) is 134 cm³/mol. The number of aliphatic hydroxyl groups is 1. The number of hydrogen-bond donors (Lipinski definition) is 3. The number of amides is 1. The van der Waals surface area contributed by atoms with Gasteiger partial charge in [0.25, 0.3) is 11.6 Å². The second-order valence-electron chi connectivity index (χ2n) is 7.62. The Balaban J connectivity index is 1.56. The molecule has 1 aliphatic heterocycles. The van der Waals surface area contributed by atoms with Crippen molar-refractivity contribution in [2.45, 2.75) is 31.5 Å². The van der Waals surface area contributed by atoms with Crippen molar-refractivity contribution < 1.29 is 24.3 Å². The number of aromatic nitrogens is 1. The molecule has 3 N–H and O–H groups in total. The number of carbonyl (C=O) groups is 1. The number of pyridine rings is 1. The van der Waals surface area contributed by atoms with Crippen molar-refractivity contribution in [2.24, 2.45) is 0 Å². The molecular weight excluding hydrogens is 555 g/mol. The highest BCUT2D eigenvalue weighted by atomic mass is 127. The van der Waals surface area contributed by atoms with Crippen LogP contribution in [0.4, 0.5) is 11.5 Å². The molecule has 1 aliphatic rings. The molecule has 0 radical (unpaired) electrons. The van der Waals surface area contributed by atoms with Crippen LogP contribution in [-0.2, 0) is 14.3 Å². The third-order valence-corrected chi connectivity index (χ3v) is 5.83. The molecule has 1 aromatic heterocycles. The fraction of sp³-hybridized carbons (Fsp3) is 0.391. The Kier molecular flexibility index (Phi) is 10.0. The first-order valence-corrected chi connectivity index (χ1v) is 12.0. The van der Waals surface area contributed by atoms with Gasteiger partial charge in [-0.2, -0.15) is 0 Å². The molecule has 34 heavy (non-hydrogen) atoms. The quantitative estimate of drug-likeness (QED) is 0.150. The van der Waals surface area contributed by atoms with E-state index in [1.807, 2.05) is 30.3 Å². The lowest BCUT2D eigenvalue weighted by atomic mass is 9.93. The van der Waals surface area contributed by atoms with E-state index >= 15 is 0 Å². The molecule has 0 unspecified atom stereocenters. The lowest BCUT2D eigenvalue weighted by Crippen LogP contribution is -2.35. The van der Waals surface area contributed by atoms with Crippen LogP contribution in [0.5, 0.6) is 0 Å². The van der Waals surface area contributed by atoms with Crippen molar-refractivity contribution in [1.82, 2.24) is 10.3 Å². The second kappa shape index (κ2) is 13.2. The van der Waals surface area contributed by atoms with E-state index in [1.54, 1.807) is 0 Å². The number of halogens is 1. The molecular formula is C23H27IN4O6. The fourth-order valence-corrected chi connectivity index (χ4v) is 3.70. The van der Waals surface area contributed by atoms with Gasteiger partial charge < -0.3 is 25.2 Å². The summed E-state index contributed by atoms with van der Waals surface area (Å²) in [6.07, 6.45) is 4.37. The van der Waals surface area contributed by atoms with Gasteiger partial charge in [0.2, 0.25) is 6.29 Å². The van der Waals surface area contributed by atoms with Crippen molar-refractivity contribution in [3.8, 4) is 0 Å². The number of unbranched alkanes of at least 4 members (excludes halogenated alkanes) is 1. The molecule has 0 bridgehead atoms. The summed E-state index contributed by atoms with van der Waals surface area (Å²) in [5.74, 6) is 0.299. The van der Waals surface area contributed by atoms with Crippen molar-refractivity contribution in [3.63, 3.8) is 0 Å². The van der Waals surface area contributed by atoms with Gasteiger partial charge in [0.15, 0.2) is 5.76 Å². The van der Waals surface area contributed by atoms with Gasteiger partial charge in [-0.15, -0.1) is 0 Å². The number of aliphatic hydroxyl groups excluding tert-OH is 1. The topological polar surface area (TPSA) is 136 Å². The maximum atomic E-state index is 12.8. The number of ether oxygens (including phenoxy) is 2. The van der Waals surface area contributed by atoms with Crippen molar-refractivity contribution in [1.29, 1.82) is 0 Å². The minimum absolute atomic E-state index is 0.0308. The highest BCUT2D eigenvalue weighted by molar-refractivity contribution is 14.1. The van der Waals surface area contributed by atoms with Gasteiger partial charge in [-0.05, 0) is 65.3 Å². The van der Waals surface area contributed by atoms with E-state index in [2.05, 4.69) is 38.2 Å².